The van der Waals surface area contributed by atoms with Gasteiger partial charge in [0.2, 0.25) is 0 Å². The number of benzene rings is 2. The Labute approximate surface area is 196 Å². The summed E-state index contributed by atoms with van der Waals surface area (Å²) in [6.45, 7) is 5.36. The highest BCUT2D eigenvalue weighted by Crippen LogP contribution is 2.32. The molecule has 1 saturated heterocycles. The van der Waals surface area contributed by atoms with Crippen LogP contribution in [0.2, 0.25) is 0 Å². The summed E-state index contributed by atoms with van der Waals surface area (Å²) >= 11 is 0. The van der Waals surface area contributed by atoms with E-state index in [0.717, 1.165) is 44.5 Å². The number of hydrogen-bond acceptors (Lipinski definition) is 5. The van der Waals surface area contributed by atoms with E-state index in [2.05, 4.69) is 45.7 Å². The van der Waals surface area contributed by atoms with Gasteiger partial charge in [-0.25, -0.2) is 0 Å². The number of nitrogens with zero attached hydrogens (tertiary/aromatic N) is 2. The molecule has 1 fully saturated rings. The van der Waals surface area contributed by atoms with E-state index in [0.29, 0.717) is 18.0 Å². The molecule has 7 heteroatoms. The minimum atomic E-state index is -0.688. The van der Waals surface area contributed by atoms with Crippen LogP contribution in [0.5, 0.6) is 5.75 Å². The number of methoxy groups -OCH3 is 1. The Morgan fingerprint density at radius 1 is 1.03 bits per heavy atom. The fraction of sp³-hybridized carbons (Fsp3) is 0.462. The molecule has 176 valence electrons. The first kappa shape index (κ1) is 23.1. The van der Waals surface area contributed by atoms with Gasteiger partial charge in [0.15, 0.2) is 0 Å². The van der Waals surface area contributed by atoms with Gasteiger partial charge in [-0.2, -0.15) is 0 Å². The van der Waals surface area contributed by atoms with Crippen molar-refractivity contribution < 1.29 is 14.3 Å². The van der Waals surface area contributed by atoms with Gasteiger partial charge in [-0.05, 0) is 74.2 Å². The Morgan fingerprint density at radius 3 is 2.58 bits per heavy atom. The first-order valence-electron chi connectivity index (χ1n) is 11.8. The largest absolute Gasteiger partial charge is 0.495 e. The third-order valence-electron chi connectivity index (χ3n) is 6.71. The molecular weight excluding hydrogens is 416 g/mol. The van der Waals surface area contributed by atoms with E-state index in [1.54, 1.807) is 12.1 Å². The minimum absolute atomic E-state index is 0.0479. The van der Waals surface area contributed by atoms with Gasteiger partial charge >= 0.3 is 11.8 Å². The van der Waals surface area contributed by atoms with Crippen LogP contribution in [0.1, 0.15) is 42.0 Å². The third-order valence-corrected chi connectivity index (χ3v) is 6.71. The van der Waals surface area contributed by atoms with E-state index >= 15 is 0 Å². The zero-order chi connectivity index (χ0) is 23.4. The van der Waals surface area contributed by atoms with Crippen molar-refractivity contribution in [2.45, 2.75) is 38.6 Å². The van der Waals surface area contributed by atoms with Crippen molar-refractivity contribution in [3.05, 3.63) is 53.1 Å². The summed E-state index contributed by atoms with van der Waals surface area (Å²) in [5.74, 6) is -0.801. The minimum Gasteiger partial charge on any atom is -0.495 e. The van der Waals surface area contributed by atoms with E-state index in [1.807, 2.05) is 13.0 Å². The number of piperidine rings is 1. The molecule has 0 aliphatic carbocycles. The van der Waals surface area contributed by atoms with Gasteiger partial charge in [-0.15, -0.1) is 0 Å². The predicted octanol–water partition coefficient (Wildman–Crippen LogP) is 3.28. The highest BCUT2D eigenvalue weighted by atomic mass is 16.5. The van der Waals surface area contributed by atoms with Crippen LogP contribution in [0.25, 0.3) is 0 Å². The van der Waals surface area contributed by atoms with Crippen LogP contribution < -0.4 is 20.3 Å². The molecule has 2 aliphatic rings. The first-order valence-corrected chi connectivity index (χ1v) is 11.8. The molecule has 2 aliphatic heterocycles. The molecule has 0 radical (unpaired) electrons. The number of likely N-dealkylation sites (N-methyl/N-ethyl adjacent to an activating group) is 1. The van der Waals surface area contributed by atoms with E-state index in [9.17, 15) is 9.59 Å². The van der Waals surface area contributed by atoms with E-state index in [-0.39, 0.29) is 6.04 Å². The Balaban J connectivity index is 1.46. The zero-order valence-corrected chi connectivity index (χ0v) is 19.8. The van der Waals surface area contributed by atoms with Gasteiger partial charge in [0.05, 0.1) is 18.8 Å². The number of likely N-dealkylation sites (tertiary alicyclic amines) is 1. The van der Waals surface area contributed by atoms with Crippen molar-refractivity contribution in [1.82, 2.24) is 10.2 Å². The molecule has 2 N–H and O–H groups in total. The average molecular weight is 451 g/mol. The fourth-order valence-electron chi connectivity index (χ4n) is 4.85. The highest BCUT2D eigenvalue weighted by molar-refractivity contribution is 6.39. The molecule has 7 nitrogen and oxygen atoms in total. The SMILES string of the molecule is COc1ccc(C)cc1NC(=O)C(=O)NC[C@H](c1ccc2c(c1)CCN2C)N1CCCCC1. The summed E-state index contributed by atoms with van der Waals surface area (Å²) in [5, 5.41) is 5.57. The molecule has 0 spiro atoms. The van der Waals surface area contributed by atoms with Crippen molar-refractivity contribution in [2.24, 2.45) is 0 Å². The van der Waals surface area contributed by atoms with Gasteiger partial charge in [-0.3, -0.25) is 14.5 Å². The van der Waals surface area contributed by atoms with Crippen LogP contribution >= 0.6 is 0 Å². The quantitative estimate of drug-likeness (QED) is 0.661. The van der Waals surface area contributed by atoms with Crippen LogP contribution in [0, 0.1) is 6.92 Å². The summed E-state index contributed by atoms with van der Waals surface area (Å²) in [4.78, 5) is 30.0. The number of rotatable bonds is 6. The number of fused-ring (bicyclic) bond motifs is 1. The van der Waals surface area contributed by atoms with E-state index < -0.39 is 11.8 Å². The number of carbonyl (C=O) groups is 2. The van der Waals surface area contributed by atoms with Gasteiger partial charge < -0.3 is 20.3 Å². The molecule has 0 aromatic heterocycles. The molecule has 0 saturated carbocycles. The number of carbonyl (C=O) groups excluding carboxylic acids is 2. The lowest BCUT2D eigenvalue weighted by molar-refractivity contribution is -0.136. The summed E-state index contributed by atoms with van der Waals surface area (Å²) in [7, 11) is 3.66. The van der Waals surface area contributed by atoms with Gasteiger partial charge in [0.25, 0.3) is 0 Å². The molecule has 2 heterocycles. The predicted molar refractivity (Wildman–Crippen MR) is 131 cm³/mol. The maximum atomic E-state index is 12.7. The Kier molecular flexibility index (Phi) is 7.18. The Bertz CT molecular complexity index is 1020. The number of anilines is 2. The van der Waals surface area contributed by atoms with Crippen molar-refractivity contribution in [3.63, 3.8) is 0 Å². The lowest BCUT2D eigenvalue weighted by Crippen LogP contribution is -2.43. The number of ether oxygens (including phenoxy) is 1. The number of hydrogen-bond donors (Lipinski definition) is 2. The third kappa shape index (κ3) is 5.30. The number of nitrogens with one attached hydrogen (secondary N) is 2. The van der Waals surface area contributed by atoms with Crippen LogP contribution in [-0.2, 0) is 16.0 Å². The zero-order valence-electron chi connectivity index (χ0n) is 19.8. The summed E-state index contributed by atoms with van der Waals surface area (Å²) in [6, 6.07) is 12.2. The Morgan fingerprint density at radius 2 is 1.82 bits per heavy atom. The molecular formula is C26H34N4O3. The van der Waals surface area contributed by atoms with Gasteiger partial charge in [-0.1, -0.05) is 24.6 Å². The lowest BCUT2D eigenvalue weighted by atomic mass is 9.98. The van der Waals surface area contributed by atoms with Crippen LogP contribution in [-0.4, -0.2) is 57.1 Å². The molecule has 2 amide bonds. The van der Waals surface area contributed by atoms with Crippen molar-refractivity contribution in [1.29, 1.82) is 0 Å². The van der Waals surface area contributed by atoms with Crippen LogP contribution in [0.4, 0.5) is 11.4 Å². The number of aryl methyl sites for hydroxylation is 1. The maximum Gasteiger partial charge on any atom is 0.313 e. The molecule has 1 atom stereocenters. The van der Waals surface area contributed by atoms with Crippen molar-refractivity contribution >= 4 is 23.2 Å². The highest BCUT2D eigenvalue weighted by Gasteiger charge is 2.26. The molecule has 2 aromatic carbocycles. The molecule has 0 unspecified atom stereocenters. The fourth-order valence-corrected chi connectivity index (χ4v) is 4.85. The number of amides is 2. The second-order valence-corrected chi connectivity index (χ2v) is 9.04. The lowest BCUT2D eigenvalue weighted by Gasteiger charge is -2.35. The maximum absolute atomic E-state index is 12.7. The standard InChI is InChI=1S/C26H34N4O3/c1-18-7-10-24(33-3)21(15-18)28-26(32)25(31)27-17-23(30-12-5-4-6-13-30)19-8-9-22-20(16-19)11-14-29(22)2/h7-10,15-16,23H,4-6,11-14,17H2,1-3H3,(H,27,31)(H,28,32)/t23-/m1/s1. The van der Waals surface area contributed by atoms with Crippen molar-refractivity contribution in [3.8, 4) is 5.75 Å². The molecule has 0 bridgehead atoms. The summed E-state index contributed by atoms with van der Waals surface area (Å²) < 4.78 is 5.30. The topological polar surface area (TPSA) is 73.9 Å². The second kappa shape index (κ2) is 10.3. The molecule has 33 heavy (non-hydrogen) atoms. The second-order valence-electron chi connectivity index (χ2n) is 9.04. The first-order chi connectivity index (χ1) is 16.0. The van der Waals surface area contributed by atoms with Crippen LogP contribution in [0.15, 0.2) is 36.4 Å². The summed E-state index contributed by atoms with van der Waals surface area (Å²) in [6.07, 6.45) is 4.60. The monoisotopic (exact) mass is 450 g/mol. The average Bonchev–Trinajstić information content (AvgIpc) is 3.20. The van der Waals surface area contributed by atoms with Gasteiger partial charge in [0, 0.05) is 25.8 Å². The van der Waals surface area contributed by atoms with E-state index in [4.69, 9.17) is 4.74 Å². The van der Waals surface area contributed by atoms with Crippen LogP contribution in [0.3, 0.4) is 0 Å². The summed E-state index contributed by atoms with van der Waals surface area (Å²) in [5.41, 5.74) is 5.30. The van der Waals surface area contributed by atoms with Crippen molar-refractivity contribution in [2.75, 3.05) is 50.6 Å². The Hall–Kier alpha value is -3.06. The molecule has 4 rings (SSSR count). The normalized spacial score (nSPS) is 16.8. The van der Waals surface area contributed by atoms with Gasteiger partial charge in [0.1, 0.15) is 5.75 Å². The molecule has 2 aromatic rings. The van der Waals surface area contributed by atoms with E-state index in [1.165, 1.54) is 30.3 Å². The smallest absolute Gasteiger partial charge is 0.313 e.